The first-order chi connectivity index (χ1) is 8.20. The number of nitrogens with zero attached hydrogens (tertiary/aromatic N) is 3. The van der Waals surface area contributed by atoms with Crippen molar-refractivity contribution in [3.63, 3.8) is 0 Å². The molecule has 1 N–H and O–H groups in total. The average molecular weight is 236 g/mol. The highest BCUT2D eigenvalue weighted by Gasteiger charge is 2.24. The monoisotopic (exact) mass is 236 g/mol. The second kappa shape index (κ2) is 5.63. The minimum atomic E-state index is 0.738. The lowest BCUT2D eigenvalue weighted by Gasteiger charge is -2.09. The van der Waals surface area contributed by atoms with Crippen LogP contribution < -0.4 is 5.32 Å². The van der Waals surface area contributed by atoms with Crippen molar-refractivity contribution in [3.05, 3.63) is 11.4 Å². The van der Waals surface area contributed by atoms with E-state index in [9.17, 15) is 0 Å². The van der Waals surface area contributed by atoms with Gasteiger partial charge in [0.2, 0.25) is 0 Å². The van der Waals surface area contributed by atoms with Crippen LogP contribution in [-0.4, -0.2) is 22.0 Å². The molecule has 1 saturated carbocycles. The summed E-state index contributed by atoms with van der Waals surface area (Å²) in [6.07, 6.45) is 5.05. The van der Waals surface area contributed by atoms with E-state index in [1.807, 2.05) is 7.05 Å². The van der Waals surface area contributed by atoms with E-state index >= 15 is 0 Å². The highest BCUT2D eigenvalue weighted by Crippen LogP contribution is 2.31. The third-order valence-electron chi connectivity index (χ3n) is 3.35. The predicted octanol–water partition coefficient (Wildman–Crippen LogP) is 2.00. The number of hydrogen-bond acceptors (Lipinski definition) is 3. The predicted molar refractivity (Wildman–Crippen MR) is 68.7 cm³/mol. The van der Waals surface area contributed by atoms with E-state index in [-0.39, 0.29) is 0 Å². The van der Waals surface area contributed by atoms with Gasteiger partial charge in [-0.05, 0) is 44.6 Å². The fourth-order valence-electron chi connectivity index (χ4n) is 2.06. The van der Waals surface area contributed by atoms with E-state index in [1.165, 1.54) is 25.0 Å². The summed E-state index contributed by atoms with van der Waals surface area (Å²) >= 11 is 0. The molecule has 0 bridgehead atoms. The Balaban J connectivity index is 2.06. The average Bonchev–Trinajstić information content (AvgIpc) is 3.00. The smallest absolute Gasteiger partial charge is 0.0996 e. The van der Waals surface area contributed by atoms with Crippen molar-refractivity contribution in [3.8, 4) is 0 Å². The van der Waals surface area contributed by atoms with Crippen LogP contribution in [0.5, 0.6) is 0 Å². The number of nitrogens with one attached hydrogen (secondary N) is 1. The van der Waals surface area contributed by atoms with Crippen molar-refractivity contribution in [1.82, 2.24) is 20.3 Å². The highest BCUT2D eigenvalue weighted by atomic mass is 15.4. The van der Waals surface area contributed by atoms with E-state index < -0.39 is 0 Å². The molecule has 4 nitrogen and oxygen atoms in total. The second-order valence-corrected chi connectivity index (χ2v) is 5.57. The summed E-state index contributed by atoms with van der Waals surface area (Å²) in [6.45, 7) is 6.45. The molecule has 2 rings (SSSR count). The molecule has 1 aliphatic rings. The maximum atomic E-state index is 4.32. The third-order valence-corrected chi connectivity index (χ3v) is 3.35. The van der Waals surface area contributed by atoms with Gasteiger partial charge in [-0.25, -0.2) is 4.68 Å². The molecule has 1 aliphatic carbocycles. The van der Waals surface area contributed by atoms with Crippen LogP contribution in [0, 0.1) is 11.8 Å². The first-order valence-corrected chi connectivity index (χ1v) is 6.76. The quantitative estimate of drug-likeness (QED) is 0.787. The summed E-state index contributed by atoms with van der Waals surface area (Å²) in [7, 11) is 1.96. The maximum absolute atomic E-state index is 4.32. The summed E-state index contributed by atoms with van der Waals surface area (Å²) in [5, 5.41) is 11.8. The molecule has 0 spiro atoms. The zero-order chi connectivity index (χ0) is 12.3. The molecule has 1 heterocycles. The summed E-state index contributed by atoms with van der Waals surface area (Å²) in [5.74, 6) is 1.60. The first kappa shape index (κ1) is 12.6. The molecule has 4 heteroatoms. The summed E-state index contributed by atoms with van der Waals surface area (Å²) < 4.78 is 2.15. The highest BCUT2D eigenvalue weighted by molar-refractivity contribution is 5.10. The van der Waals surface area contributed by atoms with Crippen molar-refractivity contribution in [2.24, 2.45) is 11.8 Å². The number of hydrogen-bond donors (Lipinski definition) is 1. The van der Waals surface area contributed by atoms with Crippen molar-refractivity contribution >= 4 is 0 Å². The minimum Gasteiger partial charge on any atom is -0.314 e. The molecule has 1 fully saturated rings. The molecule has 96 valence electrons. The summed E-state index contributed by atoms with van der Waals surface area (Å²) in [6, 6.07) is 0. The van der Waals surface area contributed by atoms with Gasteiger partial charge in [-0.1, -0.05) is 19.1 Å². The van der Waals surface area contributed by atoms with Crippen LogP contribution in [0.3, 0.4) is 0 Å². The molecule has 0 aliphatic heterocycles. The molecular weight excluding hydrogens is 212 g/mol. The Morgan fingerprint density at radius 2 is 2.18 bits per heavy atom. The molecular formula is C13H24N4. The molecule has 0 aromatic carbocycles. The Hall–Kier alpha value is -0.900. The maximum Gasteiger partial charge on any atom is 0.0996 e. The van der Waals surface area contributed by atoms with Crippen LogP contribution in [-0.2, 0) is 19.5 Å². The van der Waals surface area contributed by atoms with Gasteiger partial charge in [-0.2, -0.15) is 0 Å². The van der Waals surface area contributed by atoms with Crippen LogP contribution in [0.25, 0.3) is 0 Å². The fraction of sp³-hybridized carbons (Fsp3) is 0.846. The van der Waals surface area contributed by atoms with E-state index in [4.69, 9.17) is 0 Å². The first-order valence-electron chi connectivity index (χ1n) is 6.76. The van der Waals surface area contributed by atoms with Gasteiger partial charge in [0, 0.05) is 13.1 Å². The van der Waals surface area contributed by atoms with Crippen molar-refractivity contribution in [1.29, 1.82) is 0 Å². The van der Waals surface area contributed by atoms with Crippen LogP contribution >= 0.6 is 0 Å². The summed E-state index contributed by atoms with van der Waals surface area (Å²) in [5.41, 5.74) is 2.48. The Morgan fingerprint density at radius 1 is 1.41 bits per heavy atom. The standard InChI is InChI=1S/C13H24N4/c1-10(2)4-7-13-12(8-14-3)15-16-17(13)9-11-5-6-11/h10-11,14H,4-9H2,1-3H3. The lowest BCUT2D eigenvalue weighted by atomic mass is 10.1. The van der Waals surface area contributed by atoms with Gasteiger partial charge in [0.1, 0.15) is 0 Å². The topological polar surface area (TPSA) is 42.7 Å². The van der Waals surface area contributed by atoms with Crippen molar-refractivity contribution in [2.45, 2.75) is 52.6 Å². The van der Waals surface area contributed by atoms with Gasteiger partial charge in [0.05, 0.1) is 11.4 Å². The molecule has 0 amide bonds. The summed E-state index contributed by atoms with van der Waals surface area (Å²) in [4.78, 5) is 0. The van der Waals surface area contributed by atoms with E-state index in [1.54, 1.807) is 0 Å². The molecule has 0 radical (unpaired) electrons. The van der Waals surface area contributed by atoms with E-state index in [0.29, 0.717) is 0 Å². The Morgan fingerprint density at radius 3 is 2.76 bits per heavy atom. The number of rotatable bonds is 7. The Kier molecular flexibility index (Phi) is 4.15. The van der Waals surface area contributed by atoms with Crippen LogP contribution in [0.15, 0.2) is 0 Å². The largest absolute Gasteiger partial charge is 0.314 e. The molecule has 1 aromatic rings. The van der Waals surface area contributed by atoms with Gasteiger partial charge in [-0.3, -0.25) is 0 Å². The van der Waals surface area contributed by atoms with Gasteiger partial charge in [0.25, 0.3) is 0 Å². The van der Waals surface area contributed by atoms with Crippen LogP contribution in [0.2, 0.25) is 0 Å². The van der Waals surface area contributed by atoms with Gasteiger partial charge in [0.15, 0.2) is 0 Å². The zero-order valence-corrected chi connectivity index (χ0v) is 11.2. The lowest BCUT2D eigenvalue weighted by Crippen LogP contribution is -2.12. The van der Waals surface area contributed by atoms with Crippen LogP contribution in [0.1, 0.15) is 44.5 Å². The number of aromatic nitrogens is 3. The Labute approximate surface area is 104 Å². The van der Waals surface area contributed by atoms with Crippen molar-refractivity contribution in [2.75, 3.05) is 7.05 Å². The van der Waals surface area contributed by atoms with Crippen LogP contribution in [0.4, 0.5) is 0 Å². The molecule has 0 unspecified atom stereocenters. The molecule has 0 atom stereocenters. The van der Waals surface area contributed by atoms with Gasteiger partial charge < -0.3 is 5.32 Å². The normalized spacial score (nSPS) is 15.8. The SMILES string of the molecule is CNCc1nnn(CC2CC2)c1CCC(C)C. The fourth-order valence-corrected chi connectivity index (χ4v) is 2.06. The third kappa shape index (κ3) is 3.53. The zero-order valence-electron chi connectivity index (χ0n) is 11.2. The second-order valence-electron chi connectivity index (χ2n) is 5.57. The van der Waals surface area contributed by atoms with Crippen molar-refractivity contribution < 1.29 is 0 Å². The van der Waals surface area contributed by atoms with Gasteiger partial charge >= 0.3 is 0 Å². The van der Waals surface area contributed by atoms with Gasteiger partial charge in [-0.15, -0.1) is 5.10 Å². The lowest BCUT2D eigenvalue weighted by molar-refractivity contribution is 0.502. The molecule has 17 heavy (non-hydrogen) atoms. The molecule has 0 saturated heterocycles. The molecule has 1 aromatic heterocycles. The van der Waals surface area contributed by atoms with E-state index in [2.05, 4.69) is 34.2 Å². The Bertz CT molecular complexity index is 352. The minimum absolute atomic E-state index is 0.738. The van der Waals surface area contributed by atoms with E-state index in [0.717, 1.165) is 37.0 Å².